The van der Waals surface area contributed by atoms with E-state index in [1.54, 1.807) is 27.7 Å². The molecule has 1 unspecified atom stereocenters. The van der Waals surface area contributed by atoms with Crippen LogP contribution in [-0.2, 0) is 28.6 Å². The molecule has 1 amide bonds. The zero-order chi connectivity index (χ0) is 20.3. The number of nitrogens with one attached hydrogen (secondary N) is 1. The Morgan fingerprint density at radius 1 is 1.19 bits per heavy atom. The molecule has 10 nitrogen and oxygen atoms in total. The number of rotatable bonds is 9. The van der Waals surface area contributed by atoms with E-state index in [-0.39, 0.29) is 19.3 Å². The molecule has 10 heteroatoms. The highest BCUT2D eigenvalue weighted by Crippen LogP contribution is 2.17. The van der Waals surface area contributed by atoms with Gasteiger partial charge in [0.1, 0.15) is 6.04 Å². The third-order valence-electron chi connectivity index (χ3n) is 3.08. The van der Waals surface area contributed by atoms with Crippen LogP contribution in [0.15, 0.2) is 0 Å². The van der Waals surface area contributed by atoms with Crippen molar-refractivity contribution in [3.8, 4) is 0 Å². The van der Waals surface area contributed by atoms with Crippen LogP contribution >= 0.6 is 0 Å². The zero-order valence-corrected chi connectivity index (χ0v) is 15.6. The number of alkyl carbamates (subject to hydrolysis) is 1. The number of nitrogens with zero attached hydrogens (tertiary/aromatic N) is 2. The number of esters is 2. The van der Waals surface area contributed by atoms with Gasteiger partial charge in [-0.3, -0.25) is 9.59 Å². The summed E-state index contributed by atoms with van der Waals surface area (Å²) in [6.45, 7) is 6.62. The first kappa shape index (κ1) is 23.3. The zero-order valence-electron chi connectivity index (χ0n) is 15.6. The molecule has 0 radical (unpaired) electrons. The van der Waals surface area contributed by atoms with E-state index in [9.17, 15) is 19.2 Å². The number of hydrogen-bond acceptors (Lipinski definition) is 7. The average molecular weight is 371 g/mol. The minimum atomic E-state index is -1.15. The van der Waals surface area contributed by atoms with Gasteiger partial charge in [0.25, 0.3) is 0 Å². The summed E-state index contributed by atoms with van der Waals surface area (Å²) in [6.07, 6.45) is -1.48. The first-order valence-corrected chi connectivity index (χ1v) is 8.01. The van der Waals surface area contributed by atoms with Crippen LogP contribution in [0.1, 0.15) is 47.0 Å². The van der Waals surface area contributed by atoms with Gasteiger partial charge in [-0.1, -0.05) is 6.92 Å². The van der Waals surface area contributed by atoms with Gasteiger partial charge in [0.2, 0.25) is 12.1 Å². The molecule has 0 aliphatic heterocycles. The summed E-state index contributed by atoms with van der Waals surface area (Å²) in [4.78, 5) is 49.4. The standard InChI is InChI=1S/C16H25N3O7/c1-6-12(25-14(22)16(2,3)4)26-15(23)19-11(13(21)24-5)8-7-10(20)9-18-17/h9,11-12H,6-8H2,1-5H3,(H,19,23)/t11-,12?/m0/s1. The number of carbonyl (C=O) groups excluding carboxylic acids is 4. The van der Waals surface area contributed by atoms with Crippen LogP contribution in [-0.4, -0.2) is 54.3 Å². The van der Waals surface area contributed by atoms with Crippen molar-refractivity contribution < 1.29 is 38.2 Å². The molecule has 146 valence electrons. The Hall–Kier alpha value is -2.74. The molecule has 2 atom stereocenters. The lowest BCUT2D eigenvalue weighted by molar-refractivity contribution is -0.178. The summed E-state index contributed by atoms with van der Waals surface area (Å²) in [5.74, 6) is -1.87. The maximum atomic E-state index is 12.0. The fourth-order valence-corrected chi connectivity index (χ4v) is 1.59. The molecule has 0 aromatic heterocycles. The SMILES string of the molecule is CCC(OC(=O)N[C@@H](CCC(=O)C=[N+]=[N-])C(=O)OC)OC(=O)C(C)(C)C. The highest BCUT2D eigenvalue weighted by molar-refractivity contribution is 6.25. The number of hydrogen-bond donors (Lipinski definition) is 1. The van der Waals surface area contributed by atoms with Crippen molar-refractivity contribution in [3.05, 3.63) is 5.53 Å². The van der Waals surface area contributed by atoms with Gasteiger partial charge < -0.3 is 25.1 Å². The second-order valence-corrected chi connectivity index (χ2v) is 6.37. The van der Waals surface area contributed by atoms with Crippen molar-refractivity contribution >= 4 is 30.0 Å². The van der Waals surface area contributed by atoms with Crippen molar-refractivity contribution in [3.63, 3.8) is 0 Å². The molecule has 0 aromatic carbocycles. The van der Waals surface area contributed by atoms with Gasteiger partial charge in [0, 0.05) is 12.8 Å². The number of ether oxygens (including phenoxy) is 3. The molecule has 0 saturated heterocycles. The molecule has 0 saturated carbocycles. The predicted molar refractivity (Wildman–Crippen MR) is 89.0 cm³/mol. The van der Waals surface area contributed by atoms with Gasteiger partial charge in [-0.25, -0.2) is 9.59 Å². The maximum absolute atomic E-state index is 12.0. The van der Waals surface area contributed by atoms with Crippen LogP contribution < -0.4 is 5.32 Å². The van der Waals surface area contributed by atoms with E-state index >= 15 is 0 Å². The first-order chi connectivity index (χ1) is 12.0. The number of carbonyl (C=O) groups is 4. The second kappa shape index (κ2) is 11.0. The molecular formula is C16H25N3O7. The topological polar surface area (TPSA) is 144 Å². The van der Waals surface area contributed by atoms with E-state index in [0.717, 1.165) is 7.11 Å². The van der Waals surface area contributed by atoms with Gasteiger partial charge in [-0.15, -0.1) is 0 Å². The Bertz CT molecular complexity index is 577. The second-order valence-electron chi connectivity index (χ2n) is 6.37. The number of amides is 1. The van der Waals surface area contributed by atoms with Crippen molar-refractivity contribution in [2.75, 3.05) is 7.11 Å². The minimum Gasteiger partial charge on any atom is -0.467 e. The molecule has 1 N–H and O–H groups in total. The summed E-state index contributed by atoms with van der Waals surface area (Å²) in [7, 11) is 1.12. The van der Waals surface area contributed by atoms with E-state index in [4.69, 9.17) is 15.0 Å². The van der Waals surface area contributed by atoms with E-state index in [2.05, 4.69) is 14.8 Å². The van der Waals surface area contributed by atoms with Gasteiger partial charge in [-0.05, 0) is 27.2 Å². The Morgan fingerprint density at radius 2 is 1.81 bits per heavy atom. The number of ketones is 1. The van der Waals surface area contributed by atoms with E-state index in [1.807, 2.05) is 0 Å². The minimum absolute atomic E-state index is 0.0921. The van der Waals surface area contributed by atoms with Crippen molar-refractivity contribution in [1.29, 1.82) is 0 Å². The van der Waals surface area contributed by atoms with Gasteiger partial charge in [0.05, 0.1) is 12.5 Å². The Labute approximate surface area is 151 Å². The lowest BCUT2D eigenvalue weighted by atomic mass is 9.97. The Kier molecular flexibility index (Phi) is 9.83. The lowest BCUT2D eigenvalue weighted by Gasteiger charge is -2.23. The molecule has 0 bridgehead atoms. The fourth-order valence-electron chi connectivity index (χ4n) is 1.59. The van der Waals surface area contributed by atoms with Crippen LogP contribution in [0.25, 0.3) is 5.53 Å². The van der Waals surface area contributed by atoms with Gasteiger partial charge in [-0.2, -0.15) is 4.79 Å². The summed E-state index contributed by atoms with van der Waals surface area (Å²) in [5.41, 5.74) is 7.52. The molecule has 0 heterocycles. The number of methoxy groups -OCH3 is 1. The molecule has 26 heavy (non-hydrogen) atoms. The van der Waals surface area contributed by atoms with Gasteiger partial charge >= 0.3 is 24.2 Å². The van der Waals surface area contributed by atoms with E-state index in [1.165, 1.54) is 0 Å². The molecule has 0 rings (SSSR count). The van der Waals surface area contributed by atoms with Crippen molar-refractivity contribution in [2.45, 2.75) is 59.3 Å². The van der Waals surface area contributed by atoms with Crippen LogP contribution in [0, 0.1) is 5.41 Å². The molecule has 0 aliphatic carbocycles. The van der Waals surface area contributed by atoms with Crippen molar-refractivity contribution in [1.82, 2.24) is 5.32 Å². The summed E-state index contributed by atoms with van der Waals surface area (Å²) < 4.78 is 14.6. The first-order valence-electron chi connectivity index (χ1n) is 8.01. The smallest absolute Gasteiger partial charge is 0.410 e. The van der Waals surface area contributed by atoms with E-state index in [0.29, 0.717) is 6.21 Å². The quantitative estimate of drug-likeness (QED) is 0.211. The molecule has 0 fully saturated rings. The molecule has 0 spiro atoms. The highest BCUT2D eigenvalue weighted by atomic mass is 16.7. The largest absolute Gasteiger partial charge is 0.467 e. The third-order valence-corrected chi connectivity index (χ3v) is 3.08. The lowest BCUT2D eigenvalue weighted by Crippen LogP contribution is -2.44. The number of Topliss-reactive ketones (excluding diaryl/α,β-unsaturated/α-hetero) is 1. The Balaban J connectivity index is 4.80. The third kappa shape index (κ3) is 8.93. The maximum Gasteiger partial charge on any atom is 0.410 e. The predicted octanol–water partition coefficient (Wildman–Crippen LogP) is 1.23. The van der Waals surface area contributed by atoms with Crippen LogP contribution in [0.5, 0.6) is 0 Å². The molecule has 0 aromatic rings. The van der Waals surface area contributed by atoms with Crippen molar-refractivity contribution in [2.24, 2.45) is 5.41 Å². The van der Waals surface area contributed by atoms with Crippen LogP contribution in [0.2, 0.25) is 0 Å². The monoisotopic (exact) mass is 371 g/mol. The fraction of sp³-hybridized carbons (Fsp3) is 0.688. The summed E-state index contributed by atoms with van der Waals surface area (Å²) >= 11 is 0. The van der Waals surface area contributed by atoms with Crippen LogP contribution in [0.4, 0.5) is 4.79 Å². The summed E-state index contributed by atoms with van der Waals surface area (Å²) in [5, 5.41) is 2.26. The Morgan fingerprint density at radius 3 is 2.27 bits per heavy atom. The normalized spacial score (nSPS) is 12.8. The molecular weight excluding hydrogens is 346 g/mol. The van der Waals surface area contributed by atoms with Gasteiger partial charge in [0.15, 0.2) is 0 Å². The average Bonchev–Trinajstić information content (AvgIpc) is 2.56. The van der Waals surface area contributed by atoms with Crippen LogP contribution in [0.3, 0.4) is 0 Å². The van der Waals surface area contributed by atoms with E-state index < -0.39 is 41.6 Å². The summed E-state index contributed by atoms with van der Waals surface area (Å²) in [6, 6.07) is -1.15. The molecule has 0 aliphatic rings. The highest BCUT2D eigenvalue weighted by Gasteiger charge is 2.29.